The molecule has 0 aromatic carbocycles. The highest BCUT2D eigenvalue weighted by molar-refractivity contribution is 5.77. The summed E-state index contributed by atoms with van der Waals surface area (Å²) >= 11 is 0. The SMILES string of the molecule is CC1CCCCC1(F)C(=O)O. The van der Waals surface area contributed by atoms with Crippen LogP contribution in [0.15, 0.2) is 0 Å². The number of rotatable bonds is 1. The van der Waals surface area contributed by atoms with Gasteiger partial charge in [0.15, 0.2) is 0 Å². The van der Waals surface area contributed by atoms with Crippen molar-refractivity contribution in [2.75, 3.05) is 0 Å². The van der Waals surface area contributed by atoms with E-state index >= 15 is 0 Å². The predicted octanol–water partition coefficient (Wildman–Crippen LogP) is 1.99. The fourth-order valence-corrected chi connectivity index (χ4v) is 1.63. The van der Waals surface area contributed by atoms with E-state index in [1.807, 2.05) is 0 Å². The number of alkyl halides is 1. The number of hydrogen-bond donors (Lipinski definition) is 1. The smallest absolute Gasteiger partial charge is 0.341 e. The van der Waals surface area contributed by atoms with Crippen LogP contribution in [0.2, 0.25) is 0 Å². The molecule has 1 fully saturated rings. The zero-order valence-corrected chi connectivity index (χ0v) is 6.64. The summed E-state index contributed by atoms with van der Waals surface area (Å²) in [6.45, 7) is 1.67. The number of aliphatic carboxylic acids is 1. The van der Waals surface area contributed by atoms with Crippen LogP contribution in [0, 0.1) is 5.92 Å². The van der Waals surface area contributed by atoms with E-state index in [0.717, 1.165) is 6.42 Å². The minimum Gasteiger partial charge on any atom is -0.479 e. The van der Waals surface area contributed by atoms with E-state index in [2.05, 4.69) is 0 Å². The number of hydrogen-bond acceptors (Lipinski definition) is 1. The van der Waals surface area contributed by atoms with Gasteiger partial charge in [0, 0.05) is 5.92 Å². The highest BCUT2D eigenvalue weighted by Crippen LogP contribution is 2.36. The van der Waals surface area contributed by atoms with Gasteiger partial charge in [0.05, 0.1) is 0 Å². The Kier molecular flexibility index (Phi) is 2.16. The molecule has 2 atom stereocenters. The highest BCUT2D eigenvalue weighted by atomic mass is 19.1. The molecule has 0 aliphatic heterocycles. The summed E-state index contributed by atoms with van der Waals surface area (Å²) < 4.78 is 13.5. The normalized spacial score (nSPS) is 38.5. The summed E-state index contributed by atoms with van der Waals surface area (Å²) in [5, 5.41) is 8.59. The van der Waals surface area contributed by atoms with Crippen LogP contribution >= 0.6 is 0 Å². The summed E-state index contributed by atoms with van der Waals surface area (Å²) in [6, 6.07) is 0. The first-order valence-electron chi connectivity index (χ1n) is 3.99. The van der Waals surface area contributed by atoms with Crippen LogP contribution in [0.5, 0.6) is 0 Å². The van der Waals surface area contributed by atoms with Crippen LogP contribution in [0.25, 0.3) is 0 Å². The van der Waals surface area contributed by atoms with Crippen LogP contribution in [-0.4, -0.2) is 16.7 Å². The van der Waals surface area contributed by atoms with Crippen LogP contribution < -0.4 is 0 Å². The van der Waals surface area contributed by atoms with Crippen molar-refractivity contribution in [1.29, 1.82) is 0 Å². The quantitative estimate of drug-likeness (QED) is 0.636. The van der Waals surface area contributed by atoms with Crippen LogP contribution in [0.4, 0.5) is 4.39 Å². The van der Waals surface area contributed by atoms with Gasteiger partial charge in [0.1, 0.15) is 0 Å². The summed E-state index contributed by atoms with van der Waals surface area (Å²) in [4.78, 5) is 10.5. The lowest BCUT2D eigenvalue weighted by molar-refractivity contribution is -0.157. The molecule has 0 amide bonds. The third-order valence-corrected chi connectivity index (χ3v) is 2.56. The first-order chi connectivity index (χ1) is 5.07. The first kappa shape index (κ1) is 8.50. The van der Waals surface area contributed by atoms with Gasteiger partial charge in [0.25, 0.3) is 0 Å². The molecular formula is C8H13FO2. The molecule has 64 valence electrons. The maximum atomic E-state index is 13.5. The summed E-state index contributed by atoms with van der Waals surface area (Å²) in [7, 11) is 0. The third kappa shape index (κ3) is 1.37. The molecule has 1 rings (SSSR count). The zero-order valence-electron chi connectivity index (χ0n) is 6.64. The Balaban J connectivity index is 2.72. The van der Waals surface area contributed by atoms with Gasteiger partial charge >= 0.3 is 5.97 Å². The fourth-order valence-electron chi connectivity index (χ4n) is 1.63. The van der Waals surface area contributed by atoms with Crippen LogP contribution in [0.1, 0.15) is 32.6 Å². The molecule has 1 saturated carbocycles. The zero-order chi connectivity index (χ0) is 8.48. The molecular weight excluding hydrogens is 147 g/mol. The Labute approximate surface area is 65.4 Å². The number of carboxylic acids is 1. The Hall–Kier alpha value is -0.600. The van der Waals surface area contributed by atoms with Crippen LogP contribution in [0.3, 0.4) is 0 Å². The van der Waals surface area contributed by atoms with Crippen molar-refractivity contribution in [3.63, 3.8) is 0 Å². The molecule has 0 saturated heterocycles. The van der Waals surface area contributed by atoms with Crippen molar-refractivity contribution >= 4 is 5.97 Å². The van der Waals surface area contributed by atoms with E-state index in [0.29, 0.717) is 12.8 Å². The molecule has 3 heteroatoms. The maximum Gasteiger partial charge on any atom is 0.341 e. The lowest BCUT2D eigenvalue weighted by atomic mass is 9.78. The lowest BCUT2D eigenvalue weighted by Gasteiger charge is -2.31. The number of halogens is 1. The van der Waals surface area contributed by atoms with E-state index in [4.69, 9.17) is 5.11 Å². The summed E-state index contributed by atoms with van der Waals surface area (Å²) in [5.74, 6) is -1.61. The molecule has 0 spiro atoms. The van der Waals surface area contributed by atoms with Crippen molar-refractivity contribution in [2.24, 2.45) is 5.92 Å². The fraction of sp³-hybridized carbons (Fsp3) is 0.875. The van der Waals surface area contributed by atoms with E-state index in [9.17, 15) is 9.18 Å². The molecule has 0 radical (unpaired) electrons. The summed E-state index contributed by atoms with van der Waals surface area (Å²) in [6.07, 6.45) is 2.54. The highest BCUT2D eigenvalue weighted by Gasteiger charge is 2.45. The lowest BCUT2D eigenvalue weighted by Crippen LogP contribution is -2.42. The second kappa shape index (κ2) is 2.80. The molecule has 0 heterocycles. The van der Waals surface area contributed by atoms with E-state index < -0.39 is 11.6 Å². The molecule has 0 aromatic heterocycles. The molecule has 2 nitrogen and oxygen atoms in total. The number of carboxylic acid groups (broad SMARTS) is 1. The third-order valence-electron chi connectivity index (χ3n) is 2.56. The molecule has 1 aliphatic rings. The Morgan fingerprint density at radius 1 is 1.64 bits per heavy atom. The Morgan fingerprint density at radius 3 is 2.64 bits per heavy atom. The molecule has 1 aliphatic carbocycles. The van der Waals surface area contributed by atoms with Gasteiger partial charge in [0.2, 0.25) is 5.67 Å². The molecule has 1 N–H and O–H groups in total. The number of carbonyl (C=O) groups is 1. The van der Waals surface area contributed by atoms with Gasteiger partial charge < -0.3 is 5.11 Å². The van der Waals surface area contributed by atoms with E-state index in [-0.39, 0.29) is 12.3 Å². The minimum absolute atomic E-state index is 0.184. The van der Waals surface area contributed by atoms with Crippen LogP contribution in [-0.2, 0) is 4.79 Å². The van der Waals surface area contributed by atoms with Gasteiger partial charge in [-0.05, 0) is 19.3 Å². The molecule has 11 heavy (non-hydrogen) atoms. The minimum atomic E-state index is -1.95. The average molecular weight is 160 g/mol. The second-order valence-electron chi connectivity index (χ2n) is 3.31. The van der Waals surface area contributed by atoms with E-state index in [1.54, 1.807) is 6.92 Å². The topological polar surface area (TPSA) is 37.3 Å². The standard InChI is InChI=1S/C8H13FO2/c1-6-4-2-3-5-8(6,9)7(10)11/h6H,2-5H2,1H3,(H,10,11). The van der Waals surface area contributed by atoms with Gasteiger partial charge in [-0.3, -0.25) is 0 Å². The van der Waals surface area contributed by atoms with E-state index in [1.165, 1.54) is 0 Å². The van der Waals surface area contributed by atoms with Crippen molar-refractivity contribution in [2.45, 2.75) is 38.3 Å². The average Bonchev–Trinajstić information content (AvgIpc) is 1.95. The van der Waals surface area contributed by atoms with Gasteiger partial charge in [-0.2, -0.15) is 0 Å². The summed E-state index contributed by atoms with van der Waals surface area (Å²) in [5.41, 5.74) is -1.95. The van der Waals surface area contributed by atoms with Crippen molar-refractivity contribution < 1.29 is 14.3 Å². The second-order valence-corrected chi connectivity index (χ2v) is 3.31. The van der Waals surface area contributed by atoms with Gasteiger partial charge in [-0.25, -0.2) is 9.18 Å². The van der Waals surface area contributed by atoms with Crippen molar-refractivity contribution in [3.8, 4) is 0 Å². The molecule has 0 aromatic rings. The predicted molar refractivity (Wildman–Crippen MR) is 39.1 cm³/mol. The Bertz CT molecular complexity index is 169. The molecule has 0 bridgehead atoms. The van der Waals surface area contributed by atoms with Gasteiger partial charge in [-0.15, -0.1) is 0 Å². The van der Waals surface area contributed by atoms with Crippen molar-refractivity contribution in [1.82, 2.24) is 0 Å². The van der Waals surface area contributed by atoms with Crippen molar-refractivity contribution in [3.05, 3.63) is 0 Å². The Morgan fingerprint density at radius 2 is 2.27 bits per heavy atom. The largest absolute Gasteiger partial charge is 0.479 e. The molecule has 2 unspecified atom stereocenters. The van der Waals surface area contributed by atoms with Gasteiger partial charge in [-0.1, -0.05) is 13.3 Å². The maximum absolute atomic E-state index is 13.5. The monoisotopic (exact) mass is 160 g/mol. The first-order valence-corrected chi connectivity index (χ1v) is 3.99.